The van der Waals surface area contributed by atoms with Crippen LogP contribution in [-0.4, -0.2) is 43.7 Å². The second-order valence-corrected chi connectivity index (χ2v) is 7.23. The first kappa shape index (κ1) is 14.5. The van der Waals surface area contributed by atoms with Crippen LogP contribution in [0.4, 0.5) is 4.79 Å². The number of likely N-dealkylation sites (tertiary alicyclic amines) is 1. The molecule has 1 heterocycles. The molecule has 0 bridgehead atoms. The zero-order valence-electron chi connectivity index (χ0n) is 10.5. The van der Waals surface area contributed by atoms with E-state index in [9.17, 15) is 14.7 Å². The third kappa shape index (κ3) is 3.23. The average Bonchev–Trinajstić information content (AvgIpc) is 2.40. The highest BCUT2D eigenvalue weighted by atomic mass is 127. The van der Waals surface area contributed by atoms with Gasteiger partial charge in [0.05, 0.1) is 0 Å². The molecule has 5 nitrogen and oxygen atoms in total. The monoisotopic (exact) mass is 355 g/mol. The lowest BCUT2D eigenvalue weighted by Gasteiger charge is -2.32. The van der Waals surface area contributed by atoms with Crippen LogP contribution in [0.15, 0.2) is 0 Å². The molecule has 1 aliphatic heterocycles. The standard InChI is InChI=1S/C11H18INO4/c1-10(2,3)17-9(16)13-6-7(12)5-11(13,4)8(14)15/h7H,5-6H2,1-4H3,(H,14,15)/t7-,11-/m0/s1. The summed E-state index contributed by atoms with van der Waals surface area (Å²) in [5.41, 5.74) is -1.77. The van der Waals surface area contributed by atoms with E-state index in [0.717, 1.165) is 0 Å². The van der Waals surface area contributed by atoms with E-state index in [1.165, 1.54) is 4.90 Å². The molecule has 17 heavy (non-hydrogen) atoms. The lowest BCUT2D eigenvalue weighted by atomic mass is 10.00. The van der Waals surface area contributed by atoms with E-state index in [1.807, 2.05) is 0 Å². The fraction of sp³-hybridized carbons (Fsp3) is 0.818. The Morgan fingerprint density at radius 1 is 1.47 bits per heavy atom. The fourth-order valence-electron chi connectivity index (χ4n) is 1.80. The molecule has 1 rings (SSSR count). The van der Waals surface area contributed by atoms with Gasteiger partial charge in [-0.2, -0.15) is 0 Å². The highest BCUT2D eigenvalue weighted by Gasteiger charge is 2.50. The van der Waals surface area contributed by atoms with Crippen molar-refractivity contribution in [3.05, 3.63) is 0 Å². The quantitative estimate of drug-likeness (QED) is 0.579. The van der Waals surface area contributed by atoms with Gasteiger partial charge in [-0.3, -0.25) is 4.90 Å². The van der Waals surface area contributed by atoms with Gasteiger partial charge in [-0.1, -0.05) is 22.6 Å². The number of carboxylic acid groups (broad SMARTS) is 1. The van der Waals surface area contributed by atoms with Crippen LogP contribution in [-0.2, 0) is 9.53 Å². The summed E-state index contributed by atoms with van der Waals surface area (Å²) < 4.78 is 5.38. The predicted octanol–water partition coefficient (Wildman–Crippen LogP) is 2.27. The summed E-state index contributed by atoms with van der Waals surface area (Å²) in [7, 11) is 0. The molecule has 0 spiro atoms. The molecule has 6 heteroatoms. The molecule has 98 valence electrons. The number of rotatable bonds is 1. The number of amides is 1. The number of aliphatic carboxylic acids is 1. The Morgan fingerprint density at radius 3 is 2.41 bits per heavy atom. The van der Waals surface area contributed by atoms with E-state index >= 15 is 0 Å². The maximum atomic E-state index is 12.0. The van der Waals surface area contributed by atoms with Gasteiger partial charge in [0.1, 0.15) is 11.1 Å². The van der Waals surface area contributed by atoms with E-state index in [0.29, 0.717) is 13.0 Å². The highest BCUT2D eigenvalue weighted by Crippen LogP contribution is 2.34. The van der Waals surface area contributed by atoms with Crippen molar-refractivity contribution >= 4 is 34.7 Å². The fourth-order valence-corrected chi connectivity index (χ4v) is 3.05. The predicted molar refractivity (Wildman–Crippen MR) is 71.4 cm³/mol. The van der Waals surface area contributed by atoms with Gasteiger partial charge in [-0.25, -0.2) is 9.59 Å². The zero-order chi connectivity index (χ0) is 13.4. The molecule has 1 amide bonds. The summed E-state index contributed by atoms with van der Waals surface area (Å²) in [6, 6.07) is 0. The molecule has 0 saturated carbocycles. The van der Waals surface area contributed by atoms with E-state index in [1.54, 1.807) is 27.7 Å². The molecule has 1 fully saturated rings. The van der Waals surface area contributed by atoms with Gasteiger partial charge < -0.3 is 9.84 Å². The van der Waals surface area contributed by atoms with E-state index < -0.39 is 23.2 Å². The Hall–Kier alpha value is -0.530. The zero-order valence-corrected chi connectivity index (χ0v) is 12.6. The summed E-state index contributed by atoms with van der Waals surface area (Å²) in [6.07, 6.45) is -0.108. The maximum Gasteiger partial charge on any atom is 0.411 e. The Kier molecular flexibility index (Phi) is 3.95. The molecule has 1 N–H and O–H groups in total. The Balaban J connectivity index is 2.88. The van der Waals surface area contributed by atoms with Gasteiger partial charge in [-0.15, -0.1) is 0 Å². The largest absolute Gasteiger partial charge is 0.480 e. The number of carbonyl (C=O) groups is 2. The molecule has 0 aromatic heterocycles. The molecule has 1 aliphatic rings. The first-order valence-electron chi connectivity index (χ1n) is 5.44. The smallest absolute Gasteiger partial charge is 0.411 e. The minimum atomic E-state index is -1.16. The first-order chi connectivity index (χ1) is 7.56. The van der Waals surface area contributed by atoms with Crippen LogP contribution in [0.5, 0.6) is 0 Å². The van der Waals surface area contributed by atoms with Crippen LogP contribution < -0.4 is 0 Å². The molecular formula is C11H18INO4. The van der Waals surface area contributed by atoms with E-state index in [2.05, 4.69) is 22.6 Å². The number of alkyl halides is 1. The molecule has 0 aromatic carbocycles. The summed E-state index contributed by atoms with van der Waals surface area (Å²) in [5, 5.41) is 9.26. The second kappa shape index (κ2) is 4.62. The van der Waals surface area contributed by atoms with Crippen molar-refractivity contribution in [3.8, 4) is 0 Å². The molecule has 1 saturated heterocycles. The van der Waals surface area contributed by atoms with Crippen LogP contribution in [0.1, 0.15) is 34.1 Å². The van der Waals surface area contributed by atoms with Crippen LogP contribution in [0.25, 0.3) is 0 Å². The van der Waals surface area contributed by atoms with E-state index in [4.69, 9.17) is 4.74 Å². The molecule has 0 aliphatic carbocycles. The van der Waals surface area contributed by atoms with Crippen molar-refractivity contribution in [2.24, 2.45) is 0 Å². The van der Waals surface area contributed by atoms with Crippen LogP contribution in [0.2, 0.25) is 0 Å². The normalized spacial score (nSPS) is 29.2. The molecule has 0 aromatic rings. The third-order valence-electron chi connectivity index (χ3n) is 2.67. The topological polar surface area (TPSA) is 66.8 Å². The Labute approximate surface area is 115 Å². The molecular weight excluding hydrogens is 337 g/mol. The van der Waals surface area contributed by atoms with Crippen LogP contribution >= 0.6 is 22.6 Å². The van der Waals surface area contributed by atoms with Crippen LogP contribution in [0.3, 0.4) is 0 Å². The van der Waals surface area contributed by atoms with Crippen molar-refractivity contribution < 1.29 is 19.4 Å². The number of hydrogen-bond acceptors (Lipinski definition) is 3. The van der Waals surface area contributed by atoms with Gasteiger partial charge >= 0.3 is 12.1 Å². The van der Waals surface area contributed by atoms with E-state index in [-0.39, 0.29) is 3.92 Å². The number of carboxylic acids is 1. The molecule has 0 unspecified atom stereocenters. The van der Waals surface area contributed by atoms with Crippen molar-refractivity contribution in [1.82, 2.24) is 4.90 Å². The first-order valence-corrected chi connectivity index (χ1v) is 6.69. The minimum absolute atomic E-state index is 0.140. The van der Waals surface area contributed by atoms with Crippen LogP contribution in [0, 0.1) is 0 Å². The van der Waals surface area contributed by atoms with Gasteiger partial charge in [-0.05, 0) is 34.1 Å². The Morgan fingerprint density at radius 2 is 2.00 bits per heavy atom. The van der Waals surface area contributed by atoms with Gasteiger partial charge in [0.2, 0.25) is 0 Å². The molecule has 0 radical (unpaired) electrons. The summed E-state index contributed by atoms with van der Waals surface area (Å²) >= 11 is 2.16. The van der Waals surface area contributed by atoms with Gasteiger partial charge in [0.25, 0.3) is 0 Å². The van der Waals surface area contributed by atoms with Gasteiger partial charge in [0.15, 0.2) is 0 Å². The highest BCUT2D eigenvalue weighted by molar-refractivity contribution is 14.1. The van der Waals surface area contributed by atoms with Gasteiger partial charge in [0, 0.05) is 10.5 Å². The minimum Gasteiger partial charge on any atom is -0.480 e. The van der Waals surface area contributed by atoms with Crippen molar-refractivity contribution in [1.29, 1.82) is 0 Å². The average molecular weight is 355 g/mol. The summed E-state index contributed by atoms with van der Waals surface area (Å²) in [5.74, 6) is -0.984. The number of ether oxygens (including phenoxy) is 1. The second-order valence-electron chi connectivity index (χ2n) is 5.47. The lowest BCUT2D eigenvalue weighted by Crippen LogP contribution is -2.52. The summed E-state index contributed by atoms with van der Waals surface area (Å²) in [4.78, 5) is 24.6. The number of carbonyl (C=O) groups excluding carboxylic acids is 1. The Bertz CT molecular complexity index is 339. The molecule has 2 atom stereocenters. The number of hydrogen-bond donors (Lipinski definition) is 1. The van der Waals surface area contributed by atoms with Crippen molar-refractivity contribution in [3.63, 3.8) is 0 Å². The van der Waals surface area contributed by atoms with Crippen molar-refractivity contribution in [2.75, 3.05) is 6.54 Å². The maximum absolute atomic E-state index is 12.0. The SMILES string of the molecule is CC(C)(C)OC(=O)N1C[C@@H](I)C[C@@]1(C)C(=O)O. The number of halogens is 1. The van der Waals surface area contributed by atoms with Crippen molar-refractivity contribution in [2.45, 2.75) is 49.2 Å². The lowest BCUT2D eigenvalue weighted by molar-refractivity contribution is -0.148. The summed E-state index contributed by atoms with van der Waals surface area (Å²) in [6.45, 7) is 7.28. The third-order valence-corrected chi connectivity index (χ3v) is 3.50. The number of nitrogens with zero attached hydrogens (tertiary/aromatic N) is 1.